The van der Waals surface area contributed by atoms with E-state index in [-0.39, 0.29) is 5.91 Å². The Morgan fingerprint density at radius 1 is 1.26 bits per heavy atom. The molecule has 1 aliphatic rings. The van der Waals surface area contributed by atoms with Gasteiger partial charge in [-0.25, -0.2) is 15.8 Å². The van der Waals surface area contributed by atoms with Crippen LogP contribution in [-0.2, 0) is 11.2 Å². The van der Waals surface area contributed by atoms with Crippen molar-refractivity contribution in [3.63, 3.8) is 0 Å². The minimum absolute atomic E-state index is 0.0666. The first-order chi connectivity index (χ1) is 9.26. The fraction of sp³-hybridized carbons (Fsp3) is 0.154. The third kappa shape index (κ3) is 2.25. The van der Waals surface area contributed by atoms with Gasteiger partial charge in [-0.2, -0.15) is 0 Å². The topological polar surface area (TPSA) is 92.9 Å². The lowest BCUT2D eigenvalue weighted by Gasteiger charge is -2.17. The average molecular weight is 255 g/mol. The second-order valence-corrected chi connectivity index (χ2v) is 4.33. The number of hydrogen-bond acceptors (Lipinski definition) is 5. The van der Waals surface area contributed by atoms with Gasteiger partial charge in [0.2, 0.25) is 11.9 Å². The lowest BCUT2D eigenvalue weighted by Crippen LogP contribution is -2.18. The number of benzene rings is 1. The molecule has 0 unspecified atom stereocenters. The van der Waals surface area contributed by atoms with E-state index in [0.29, 0.717) is 12.4 Å². The highest BCUT2D eigenvalue weighted by Crippen LogP contribution is 2.27. The second-order valence-electron chi connectivity index (χ2n) is 4.33. The molecular formula is C13H13N5O. The summed E-state index contributed by atoms with van der Waals surface area (Å²) in [6.45, 7) is 0. The molecule has 1 aromatic heterocycles. The van der Waals surface area contributed by atoms with Gasteiger partial charge in [0, 0.05) is 23.9 Å². The summed E-state index contributed by atoms with van der Waals surface area (Å²) in [5.41, 5.74) is 6.20. The molecule has 0 radical (unpaired) electrons. The standard InChI is InChI=1S/C13H13N5O/c14-18-13-15-6-5-11(17-13)8-1-3-10-9(7-8)2-4-12(19)16-10/h1,3,5-7H,2,4,14H2,(H,16,19)(H,15,17,18). The van der Waals surface area contributed by atoms with Crippen LogP contribution in [0.15, 0.2) is 30.5 Å². The maximum absolute atomic E-state index is 11.3. The molecule has 0 aliphatic carbocycles. The number of amides is 1. The monoisotopic (exact) mass is 255 g/mol. The molecule has 3 rings (SSSR count). The number of aromatic nitrogens is 2. The highest BCUT2D eigenvalue weighted by Gasteiger charge is 2.15. The third-order valence-corrected chi connectivity index (χ3v) is 3.08. The Bertz CT molecular complexity index is 641. The largest absolute Gasteiger partial charge is 0.326 e. The van der Waals surface area contributed by atoms with Gasteiger partial charge in [0.15, 0.2) is 0 Å². The lowest BCUT2D eigenvalue weighted by atomic mass is 9.99. The van der Waals surface area contributed by atoms with Gasteiger partial charge in [0.1, 0.15) is 0 Å². The molecule has 2 aromatic rings. The van der Waals surface area contributed by atoms with Crippen molar-refractivity contribution in [3.8, 4) is 11.3 Å². The first kappa shape index (κ1) is 11.6. The fourth-order valence-corrected chi connectivity index (χ4v) is 2.13. The van der Waals surface area contributed by atoms with Crippen molar-refractivity contribution in [3.05, 3.63) is 36.0 Å². The summed E-state index contributed by atoms with van der Waals surface area (Å²) in [5.74, 6) is 5.75. The number of hydrazine groups is 1. The molecular weight excluding hydrogens is 242 g/mol. The number of rotatable bonds is 2. The normalized spacial score (nSPS) is 13.6. The zero-order chi connectivity index (χ0) is 13.2. The molecule has 0 spiro atoms. The first-order valence-electron chi connectivity index (χ1n) is 5.99. The van der Waals surface area contributed by atoms with Crippen molar-refractivity contribution < 1.29 is 4.79 Å². The van der Waals surface area contributed by atoms with Crippen molar-refractivity contribution in [1.29, 1.82) is 0 Å². The van der Waals surface area contributed by atoms with E-state index in [0.717, 1.165) is 28.9 Å². The summed E-state index contributed by atoms with van der Waals surface area (Å²) in [4.78, 5) is 19.6. The van der Waals surface area contributed by atoms with Crippen LogP contribution in [-0.4, -0.2) is 15.9 Å². The SMILES string of the molecule is NNc1nccc(-c2ccc3c(c2)CCC(=O)N3)n1. The van der Waals surface area contributed by atoms with E-state index >= 15 is 0 Å². The number of carbonyl (C=O) groups is 1. The molecule has 2 heterocycles. The van der Waals surface area contributed by atoms with Crippen molar-refractivity contribution in [1.82, 2.24) is 9.97 Å². The van der Waals surface area contributed by atoms with Gasteiger partial charge < -0.3 is 5.32 Å². The van der Waals surface area contributed by atoms with E-state index in [1.807, 2.05) is 24.3 Å². The van der Waals surface area contributed by atoms with E-state index in [2.05, 4.69) is 20.7 Å². The molecule has 0 atom stereocenters. The van der Waals surface area contributed by atoms with Crippen LogP contribution in [0.4, 0.5) is 11.6 Å². The van der Waals surface area contributed by atoms with Crippen molar-refractivity contribution in [2.24, 2.45) is 5.84 Å². The van der Waals surface area contributed by atoms with Crippen molar-refractivity contribution in [2.45, 2.75) is 12.8 Å². The average Bonchev–Trinajstić information content (AvgIpc) is 2.46. The lowest BCUT2D eigenvalue weighted by molar-refractivity contribution is -0.116. The van der Waals surface area contributed by atoms with Crippen LogP contribution < -0.4 is 16.6 Å². The van der Waals surface area contributed by atoms with Crippen LogP contribution in [0.2, 0.25) is 0 Å². The van der Waals surface area contributed by atoms with Gasteiger partial charge in [0.05, 0.1) is 5.69 Å². The Morgan fingerprint density at radius 2 is 2.16 bits per heavy atom. The number of anilines is 2. The summed E-state index contributed by atoms with van der Waals surface area (Å²) in [5, 5.41) is 2.86. The molecule has 0 fully saturated rings. The zero-order valence-corrected chi connectivity index (χ0v) is 10.2. The van der Waals surface area contributed by atoms with Gasteiger partial charge >= 0.3 is 0 Å². The first-order valence-corrected chi connectivity index (χ1v) is 5.99. The van der Waals surface area contributed by atoms with Crippen LogP contribution in [0.1, 0.15) is 12.0 Å². The fourth-order valence-electron chi connectivity index (χ4n) is 2.13. The van der Waals surface area contributed by atoms with Crippen LogP contribution in [0.25, 0.3) is 11.3 Å². The second kappa shape index (κ2) is 4.66. The number of aryl methyl sites for hydroxylation is 1. The smallest absolute Gasteiger partial charge is 0.237 e. The summed E-state index contributed by atoms with van der Waals surface area (Å²) in [6, 6.07) is 7.69. The van der Waals surface area contributed by atoms with Gasteiger partial charge in [-0.05, 0) is 30.2 Å². The zero-order valence-electron chi connectivity index (χ0n) is 10.2. The number of nitrogens with two attached hydrogens (primary N) is 1. The molecule has 6 nitrogen and oxygen atoms in total. The number of carbonyl (C=O) groups excluding carboxylic acids is 1. The van der Waals surface area contributed by atoms with E-state index in [1.165, 1.54) is 0 Å². The highest BCUT2D eigenvalue weighted by atomic mass is 16.1. The Hall–Kier alpha value is -2.47. The molecule has 0 saturated heterocycles. The molecule has 0 saturated carbocycles. The molecule has 6 heteroatoms. The van der Waals surface area contributed by atoms with E-state index in [1.54, 1.807) is 6.20 Å². The van der Waals surface area contributed by atoms with Crippen LogP contribution >= 0.6 is 0 Å². The van der Waals surface area contributed by atoms with E-state index < -0.39 is 0 Å². The maximum atomic E-state index is 11.3. The summed E-state index contributed by atoms with van der Waals surface area (Å²) < 4.78 is 0. The summed E-state index contributed by atoms with van der Waals surface area (Å²) in [6.07, 6.45) is 2.93. The molecule has 1 aliphatic heterocycles. The van der Waals surface area contributed by atoms with Gasteiger partial charge in [-0.15, -0.1) is 0 Å². The van der Waals surface area contributed by atoms with Crippen LogP contribution in [0.5, 0.6) is 0 Å². The number of nitrogens with zero attached hydrogens (tertiary/aromatic N) is 2. The molecule has 1 aromatic carbocycles. The number of nitrogens with one attached hydrogen (secondary N) is 2. The predicted molar refractivity (Wildman–Crippen MR) is 72.2 cm³/mol. The molecule has 4 N–H and O–H groups in total. The third-order valence-electron chi connectivity index (χ3n) is 3.08. The quantitative estimate of drug-likeness (QED) is 0.556. The van der Waals surface area contributed by atoms with Gasteiger partial charge in [0.25, 0.3) is 0 Å². The maximum Gasteiger partial charge on any atom is 0.237 e. The Balaban J connectivity index is 1.99. The highest BCUT2D eigenvalue weighted by molar-refractivity contribution is 5.94. The predicted octanol–water partition coefficient (Wildman–Crippen LogP) is 1.31. The molecule has 19 heavy (non-hydrogen) atoms. The number of hydrogen-bond donors (Lipinski definition) is 3. The minimum Gasteiger partial charge on any atom is -0.326 e. The van der Waals surface area contributed by atoms with Crippen LogP contribution in [0, 0.1) is 0 Å². The Labute approximate surface area is 110 Å². The van der Waals surface area contributed by atoms with Gasteiger partial charge in [-0.1, -0.05) is 6.07 Å². The molecule has 0 bridgehead atoms. The molecule has 1 amide bonds. The number of fused-ring (bicyclic) bond motifs is 1. The Kier molecular flexibility index (Phi) is 2.85. The Morgan fingerprint density at radius 3 is 3.00 bits per heavy atom. The van der Waals surface area contributed by atoms with Gasteiger partial charge in [-0.3, -0.25) is 10.2 Å². The van der Waals surface area contributed by atoms with E-state index in [9.17, 15) is 4.79 Å². The van der Waals surface area contributed by atoms with Crippen molar-refractivity contribution in [2.75, 3.05) is 10.7 Å². The summed E-state index contributed by atoms with van der Waals surface area (Å²) >= 11 is 0. The van der Waals surface area contributed by atoms with Crippen LogP contribution in [0.3, 0.4) is 0 Å². The van der Waals surface area contributed by atoms with Crippen molar-refractivity contribution >= 4 is 17.5 Å². The van der Waals surface area contributed by atoms with E-state index in [4.69, 9.17) is 5.84 Å². The molecule has 96 valence electrons. The minimum atomic E-state index is 0.0666. The summed E-state index contributed by atoms with van der Waals surface area (Å²) in [7, 11) is 0. The number of nitrogen functional groups attached to an aromatic ring is 1.